The maximum atomic E-state index is 11.7. The summed E-state index contributed by atoms with van der Waals surface area (Å²) in [5.74, 6) is 0.592. The summed E-state index contributed by atoms with van der Waals surface area (Å²) in [5.41, 5.74) is 7.38. The maximum Gasteiger partial charge on any atom is 0.360 e. The van der Waals surface area contributed by atoms with Gasteiger partial charge in [-0.05, 0) is 24.6 Å². The molecule has 2 aromatic rings. The van der Waals surface area contributed by atoms with Crippen LogP contribution in [0, 0.1) is 0 Å². The van der Waals surface area contributed by atoms with Gasteiger partial charge >= 0.3 is 5.97 Å². The largest absolute Gasteiger partial charge is 0.464 e. The van der Waals surface area contributed by atoms with Crippen molar-refractivity contribution in [1.82, 2.24) is 9.55 Å². The lowest BCUT2D eigenvalue weighted by Crippen LogP contribution is -2.14. The van der Waals surface area contributed by atoms with E-state index in [4.69, 9.17) is 10.5 Å². The molecule has 0 aliphatic heterocycles. The number of aromatic nitrogens is 2. The number of esters is 1. The van der Waals surface area contributed by atoms with E-state index in [1.165, 1.54) is 7.11 Å². The molecule has 0 radical (unpaired) electrons. The molecule has 2 N–H and O–H groups in total. The third kappa shape index (κ3) is 2.95. The fourth-order valence-electron chi connectivity index (χ4n) is 2.34. The Morgan fingerprint density at radius 3 is 2.81 bits per heavy atom. The number of nitrogens with two attached hydrogens (primary N) is 1. The first-order chi connectivity index (χ1) is 9.99. The number of imidazole rings is 1. The second-order valence-electron chi connectivity index (χ2n) is 4.71. The van der Waals surface area contributed by atoms with Gasteiger partial charge in [0, 0.05) is 10.9 Å². The molecule has 5 nitrogen and oxygen atoms in total. The van der Waals surface area contributed by atoms with Crippen molar-refractivity contribution < 1.29 is 9.53 Å². The lowest BCUT2D eigenvalue weighted by Gasteiger charge is -2.18. The highest BCUT2D eigenvalue weighted by Gasteiger charge is 2.23. The summed E-state index contributed by atoms with van der Waals surface area (Å²) in [4.78, 5) is 16.1. The van der Waals surface area contributed by atoms with Gasteiger partial charge < -0.3 is 15.0 Å². The molecular weight excluding hydrogens is 334 g/mol. The molecule has 0 amide bonds. The molecule has 0 saturated carbocycles. The maximum absolute atomic E-state index is 11.7. The van der Waals surface area contributed by atoms with E-state index in [0.29, 0.717) is 12.2 Å². The van der Waals surface area contributed by atoms with E-state index in [2.05, 4.69) is 20.9 Å². The lowest BCUT2D eigenvalue weighted by molar-refractivity contribution is 0.0595. The molecule has 1 atom stereocenters. The topological polar surface area (TPSA) is 70.1 Å². The summed E-state index contributed by atoms with van der Waals surface area (Å²) in [6.45, 7) is 4.01. The van der Waals surface area contributed by atoms with Gasteiger partial charge in [-0.25, -0.2) is 9.78 Å². The summed E-state index contributed by atoms with van der Waals surface area (Å²) in [5, 5.41) is 0. The van der Waals surface area contributed by atoms with E-state index < -0.39 is 5.97 Å². The van der Waals surface area contributed by atoms with Gasteiger partial charge in [0.15, 0.2) is 5.69 Å². The third-order valence-electron chi connectivity index (χ3n) is 3.43. The average molecular weight is 352 g/mol. The second-order valence-corrected chi connectivity index (χ2v) is 5.62. The molecule has 112 valence electrons. The first-order valence-corrected chi connectivity index (χ1v) is 7.49. The molecule has 2 rings (SSSR count). The zero-order valence-electron chi connectivity index (χ0n) is 12.3. The molecule has 0 bridgehead atoms. The SMILES string of the molecule is CCc1nc(C(=O)OC)c(N)n1C(C)c1cccc(Br)c1. The minimum Gasteiger partial charge on any atom is -0.464 e. The fourth-order valence-corrected chi connectivity index (χ4v) is 2.75. The van der Waals surface area contributed by atoms with Crippen molar-refractivity contribution in [1.29, 1.82) is 0 Å². The summed E-state index contributed by atoms with van der Waals surface area (Å²) in [7, 11) is 1.32. The van der Waals surface area contributed by atoms with Gasteiger partial charge in [-0.15, -0.1) is 0 Å². The highest BCUT2D eigenvalue weighted by molar-refractivity contribution is 9.10. The number of ether oxygens (including phenoxy) is 1. The number of methoxy groups -OCH3 is 1. The van der Waals surface area contributed by atoms with Crippen molar-refractivity contribution in [2.24, 2.45) is 0 Å². The monoisotopic (exact) mass is 351 g/mol. The van der Waals surface area contributed by atoms with Gasteiger partial charge in [0.1, 0.15) is 11.6 Å². The van der Waals surface area contributed by atoms with E-state index in [1.54, 1.807) is 0 Å². The van der Waals surface area contributed by atoms with E-state index in [9.17, 15) is 4.79 Å². The van der Waals surface area contributed by atoms with E-state index in [-0.39, 0.29) is 11.7 Å². The van der Waals surface area contributed by atoms with Crippen molar-refractivity contribution in [3.05, 3.63) is 45.8 Å². The summed E-state index contributed by atoms with van der Waals surface area (Å²) >= 11 is 3.47. The van der Waals surface area contributed by atoms with Gasteiger partial charge in [0.05, 0.1) is 13.2 Å². The highest BCUT2D eigenvalue weighted by Crippen LogP contribution is 2.28. The molecule has 0 spiro atoms. The van der Waals surface area contributed by atoms with Crippen LogP contribution in [0.15, 0.2) is 28.7 Å². The zero-order valence-corrected chi connectivity index (χ0v) is 13.8. The van der Waals surface area contributed by atoms with Crippen LogP contribution in [0.2, 0.25) is 0 Å². The van der Waals surface area contributed by atoms with Crippen LogP contribution in [0.3, 0.4) is 0 Å². The number of halogens is 1. The van der Waals surface area contributed by atoms with Crippen LogP contribution in [0.1, 0.15) is 41.8 Å². The van der Waals surface area contributed by atoms with Crippen molar-refractivity contribution in [3.63, 3.8) is 0 Å². The fraction of sp³-hybridized carbons (Fsp3) is 0.333. The number of carbonyl (C=O) groups excluding carboxylic acids is 1. The van der Waals surface area contributed by atoms with Crippen molar-refractivity contribution in [2.45, 2.75) is 26.3 Å². The second kappa shape index (κ2) is 6.30. The Morgan fingerprint density at radius 1 is 1.52 bits per heavy atom. The van der Waals surface area contributed by atoms with Crippen molar-refractivity contribution >= 4 is 27.7 Å². The summed E-state index contributed by atoms with van der Waals surface area (Å²) in [6, 6.07) is 7.96. The Morgan fingerprint density at radius 2 is 2.24 bits per heavy atom. The molecule has 1 aromatic heterocycles. The Hall–Kier alpha value is -1.82. The van der Waals surface area contributed by atoms with Crippen LogP contribution in [0.25, 0.3) is 0 Å². The van der Waals surface area contributed by atoms with Crippen molar-refractivity contribution in [2.75, 3.05) is 12.8 Å². The van der Waals surface area contributed by atoms with Crippen LogP contribution in [-0.2, 0) is 11.2 Å². The van der Waals surface area contributed by atoms with E-state index >= 15 is 0 Å². The Bertz CT molecular complexity index is 667. The predicted octanol–water partition coefficient (Wildman–Crippen LogP) is 3.19. The number of nitrogens with zero attached hydrogens (tertiary/aromatic N) is 2. The van der Waals surface area contributed by atoms with Gasteiger partial charge in [-0.1, -0.05) is 35.0 Å². The molecule has 1 unspecified atom stereocenters. The lowest BCUT2D eigenvalue weighted by atomic mass is 10.1. The molecule has 0 fully saturated rings. The number of anilines is 1. The molecule has 1 aromatic carbocycles. The van der Waals surface area contributed by atoms with Crippen LogP contribution < -0.4 is 5.73 Å². The minimum absolute atomic E-state index is 0.0247. The van der Waals surface area contributed by atoms with Crippen LogP contribution in [0.5, 0.6) is 0 Å². The Kier molecular flexibility index (Phi) is 4.67. The zero-order chi connectivity index (χ0) is 15.6. The smallest absolute Gasteiger partial charge is 0.360 e. The number of nitrogen functional groups attached to an aromatic ring is 1. The molecule has 1 heterocycles. The number of aryl methyl sites for hydroxylation is 1. The first-order valence-electron chi connectivity index (χ1n) is 6.69. The number of rotatable bonds is 4. The standard InChI is InChI=1S/C15H18BrN3O2/c1-4-12-18-13(15(20)21-3)14(17)19(12)9(2)10-6-5-7-11(16)8-10/h5-9H,4,17H2,1-3H3. The molecular formula is C15H18BrN3O2. The Balaban J connectivity index is 2.52. The normalized spacial score (nSPS) is 12.2. The van der Waals surface area contributed by atoms with Crippen LogP contribution in [0.4, 0.5) is 5.82 Å². The number of carbonyl (C=O) groups is 1. The van der Waals surface area contributed by atoms with Gasteiger partial charge in [-0.3, -0.25) is 0 Å². The van der Waals surface area contributed by atoms with Crippen LogP contribution >= 0.6 is 15.9 Å². The quantitative estimate of drug-likeness (QED) is 0.858. The number of hydrogen-bond donors (Lipinski definition) is 1. The average Bonchev–Trinajstić information content (AvgIpc) is 2.82. The third-order valence-corrected chi connectivity index (χ3v) is 3.93. The van der Waals surface area contributed by atoms with Crippen molar-refractivity contribution in [3.8, 4) is 0 Å². The van der Waals surface area contributed by atoms with Crippen LogP contribution in [-0.4, -0.2) is 22.6 Å². The first kappa shape index (κ1) is 15.6. The molecule has 0 aliphatic carbocycles. The van der Waals surface area contributed by atoms with Gasteiger partial charge in [0.2, 0.25) is 0 Å². The molecule has 6 heteroatoms. The highest BCUT2D eigenvalue weighted by atomic mass is 79.9. The predicted molar refractivity (Wildman–Crippen MR) is 85.3 cm³/mol. The summed E-state index contributed by atoms with van der Waals surface area (Å²) < 4.78 is 7.61. The van der Waals surface area contributed by atoms with E-state index in [1.807, 2.05) is 42.7 Å². The molecule has 0 aliphatic rings. The van der Waals surface area contributed by atoms with Gasteiger partial charge in [0.25, 0.3) is 0 Å². The molecule has 0 saturated heterocycles. The minimum atomic E-state index is -0.512. The number of hydrogen-bond acceptors (Lipinski definition) is 4. The van der Waals surface area contributed by atoms with E-state index in [0.717, 1.165) is 15.9 Å². The Labute approximate surface area is 132 Å². The van der Waals surface area contributed by atoms with Gasteiger partial charge in [-0.2, -0.15) is 0 Å². The molecule has 21 heavy (non-hydrogen) atoms. The number of benzene rings is 1. The summed E-state index contributed by atoms with van der Waals surface area (Å²) in [6.07, 6.45) is 0.680.